The maximum absolute atomic E-state index is 12.1. The molecule has 4 rings (SSSR count). The van der Waals surface area contributed by atoms with Crippen molar-refractivity contribution in [3.8, 4) is 5.75 Å². The van der Waals surface area contributed by atoms with Gasteiger partial charge in [0.1, 0.15) is 10.8 Å². The van der Waals surface area contributed by atoms with Crippen molar-refractivity contribution in [1.29, 1.82) is 0 Å². The molecule has 12 heteroatoms. The van der Waals surface area contributed by atoms with Gasteiger partial charge in [0.25, 0.3) is 0 Å². The Bertz CT molecular complexity index is 1110. The van der Waals surface area contributed by atoms with Gasteiger partial charge in [0.05, 0.1) is 25.5 Å². The number of nitrogens with zero attached hydrogens (tertiary/aromatic N) is 4. The number of rotatable bonds is 7. The van der Waals surface area contributed by atoms with Crippen molar-refractivity contribution in [2.75, 3.05) is 58.5 Å². The summed E-state index contributed by atoms with van der Waals surface area (Å²) in [5.74, 6) is 2.01. The molecule has 4 N–H and O–H groups in total. The van der Waals surface area contributed by atoms with Crippen LogP contribution in [0, 0.1) is 0 Å². The predicted octanol–water partition coefficient (Wildman–Crippen LogP) is 3.61. The summed E-state index contributed by atoms with van der Waals surface area (Å²) in [6.45, 7) is 2.13. The Kier molecular flexibility index (Phi) is 10.8. The second-order valence-corrected chi connectivity index (χ2v) is 9.99. The summed E-state index contributed by atoms with van der Waals surface area (Å²) >= 11 is 6.35. The number of carbonyl (C=O) groups excluding carboxylic acids is 1. The van der Waals surface area contributed by atoms with Crippen molar-refractivity contribution < 1.29 is 19.4 Å². The minimum atomic E-state index is -0.995. The molecule has 1 saturated carbocycles. The van der Waals surface area contributed by atoms with Gasteiger partial charge in [-0.3, -0.25) is 9.69 Å². The van der Waals surface area contributed by atoms with E-state index < -0.39 is 6.09 Å². The van der Waals surface area contributed by atoms with Crippen LogP contribution in [0.2, 0.25) is 5.02 Å². The molecule has 0 radical (unpaired) electrons. The molecule has 0 atom stereocenters. The van der Waals surface area contributed by atoms with Crippen LogP contribution >= 0.6 is 11.6 Å². The monoisotopic (exact) mass is 547 g/mol. The van der Waals surface area contributed by atoms with Gasteiger partial charge in [0.15, 0.2) is 5.82 Å². The van der Waals surface area contributed by atoms with Gasteiger partial charge in [-0.05, 0) is 48.9 Å². The molecule has 2 aromatic rings. The van der Waals surface area contributed by atoms with E-state index in [1.54, 1.807) is 32.3 Å². The molecule has 0 bridgehead atoms. The van der Waals surface area contributed by atoms with E-state index in [4.69, 9.17) is 21.4 Å². The summed E-state index contributed by atoms with van der Waals surface area (Å²) in [5.41, 5.74) is 3.32. The van der Waals surface area contributed by atoms with Crippen molar-refractivity contribution in [2.45, 2.75) is 44.6 Å². The highest BCUT2D eigenvalue weighted by Crippen LogP contribution is 2.33. The normalized spacial score (nSPS) is 15.4. The van der Waals surface area contributed by atoms with E-state index in [0.717, 1.165) is 50.2 Å². The van der Waals surface area contributed by atoms with Crippen LogP contribution in [-0.2, 0) is 17.6 Å². The maximum atomic E-state index is 12.1. The molecule has 0 spiro atoms. The molecule has 1 aliphatic heterocycles. The second-order valence-electron chi connectivity index (χ2n) is 9.58. The van der Waals surface area contributed by atoms with Crippen molar-refractivity contribution in [1.82, 2.24) is 25.1 Å². The molecule has 1 aliphatic carbocycles. The van der Waals surface area contributed by atoms with Gasteiger partial charge >= 0.3 is 6.09 Å². The van der Waals surface area contributed by atoms with Gasteiger partial charge in [0.2, 0.25) is 11.9 Å². The summed E-state index contributed by atoms with van der Waals surface area (Å²) in [6.07, 6.45) is 7.12. The molecular weight excluding hydrogens is 510 g/mol. The molecule has 1 fully saturated rings. The van der Waals surface area contributed by atoms with Crippen LogP contribution in [0.1, 0.15) is 36.8 Å². The number of carbonyl (C=O) groups is 2. The van der Waals surface area contributed by atoms with Gasteiger partial charge in [-0.1, -0.05) is 24.4 Å². The van der Waals surface area contributed by atoms with Crippen LogP contribution in [0.4, 0.5) is 22.2 Å². The Hall–Kier alpha value is -3.31. The smallest absolute Gasteiger partial charge is 0.404 e. The molecule has 0 unspecified atom stereocenters. The zero-order valence-electron chi connectivity index (χ0n) is 22.5. The molecule has 0 saturated heterocycles. The summed E-state index contributed by atoms with van der Waals surface area (Å²) in [7, 11) is 6.61. The van der Waals surface area contributed by atoms with Gasteiger partial charge < -0.3 is 30.7 Å². The molecular formula is C26H38ClN7O4. The number of amides is 2. The van der Waals surface area contributed by atoms with Crippen molar-refractivity contribution in [3.05, 3.63) is 34.5 Å². The van der Waals surface area contributed by atoms with Gasteiger partial charge in [-0.2, -0.15) is 4.98 Å². The third-order valence-corrected chi connectivity index (χ3v) is 6.95. The predicted molar refractivity (Wildman–Crippen MR) is 149 cm³/mol. The Morgan fingerprint density at radius 3 is 2.39 bits per heavy atom. The van der Waals surface area contributed by atoms with Crippen LogP contribution in [0.15, 0.2) is 18.3 Å². The molecule has 208 valence electrons. The van der Waals surface area contributed by atoms with E-state index in [-0.39, 0.29) is 5.91 Å². The maximum Gasteiger partial charge on any atom is 0.404 e. The van der Waals surface area contributed by atoms with Crippen molar-refractivity contribution in [2.24, 2.45) is 0 Å². The summed E-state index contributed by atoms with van der Waals surface area (Å²) in [5, 5.41) is 16.9. The Morgan fingerprint density at radius 1 is 1.18 bits per heavy atom. The standard InChI is InChI=1S/C24H33ClN6O2.C2H5NO2/c1-30(2)22(32)15-31-10-8-16-12-20(21(33-3)13-17(16)9-11-31)28-24-26-14-19(25)23(29-24)27-18-6-4-5-7-18;1-3-2(4)5/h12-14,18H,4-11,15H2,1-3H3,(H2,26,27,28,29);3H,1H3,(H,4,5). The van der Waals surface area contributed by atoms with Crippen LogP contribution in [0.25, 0.3) is 0 Å². The number of carboxylic acid groups (broad SMARTS) is 1. The number of fused-ring (bicyclic) bond motifs is 1. The van der Waals surface area contributed by atoms with Gasteiger partial charge in [0, 0.05) is 40.3 Å². The van der Waals surface area contributed by atoms with Crippen LogP contribution < -0.4 is 20.7 Å². The summed E-state index contributed by atoms with van der Waals surface area (Å²) < 4.78 is 5.67. The number of anilines is 3. The van der Waals surface area contributed by atoms with Crippen molar-refractivity contribution in [3.63, 3.8) is 0 Å². The topological polar surface area (TPSA) is 132 Å². The highest BCUT2D eigenvalue weighted by atomic mass is 35.5. The van der Waals surface area contributed by atoms with Gasteiger partial charge in [-0.15, -0.1) is 0 Å². The summed E-state index contributed by atoms with van der Waals surface area (Å²) in [6, 6.07) is 4.62. The van der Waals surface area contributed by atoms with Gasteiger partial charge in [-0.25, -0.2) is 9.78 Å². The highest BCUT2D eigenvalue weighted by Gasteiger charge is 2.21. The first-order valence-electron chi connectivity index (χ1n) is 12.8. The number of ether oxygens (including phenoxy) is 1. The van der Waals surface area contributed by atoms with E-state index in [9.17, 15) is 9.59 Å². The Labute approximate surface area is 228 Å². The number of methoxy groups -OCH3 is 1. The fraction of sp³-hybridized carbons (Fsp3) is 0.538. The molecule has 1 aromatic carbocycles. The SMILES string of the molecule is CNC(=O)O.COc1cc2c(cc1Nc1ncc(Cl)c(NC3CCCC3)n1)CCN(CC(=O)N(C)C)CC2. The lowest BCUT2D eigenvalue weighted by molar-refractivity contribution is -0.129. The van der Waals surface area contributed by atoms with E-state index in [0.29, 0.717) is 29.4 Å². The quantitative estimate of drug-likeness (QED) is 0.410. The zero-order chi connectivity index (χ0) is 27.7. The minimum absolute atomic E-state index is 0.128. The first-order valence-corrected chi connectivity index (χ1v) is 13.2. The van der Waals surface area contributed by atoms with E-state index in [2.05, 4.69) is 37.6 Å². The fourth-order valence-corrected chi connectivity index (χ4v) is 4.62. The Morgan fingerprint density at radius 2 is 1.82 bits per heavy atom. The first-order chi connectivity index (χ1) is 18.2. The van der Waals surface area contributed by atoms with E-state index >= 15 is 0 Å². The fourth-order valence-electron chi connectivity index (χ4n) is 4.47. The highest BCUT2D eigenvalue weighted by molar-refractivity contribution is 6.32. The lowest BCUT2D eigenvalue weighted by atomic mass is 10.0. The molecule has 11 nitrogen and oxygen atoms in total. The van der Waals surface area contributed by atoms with Crippen molar-refractivity contribution >= 4 is 41.1 Å². The minimum Gasteiger partial charge on any atom is -0.495 e. The van der Waals surface area contributed by atoms with E-state index in [1.165, 1.54) is 31.0 Å². The average molecular weight is 548 g/mol. The largest absolute Gasteiger partial charge is 0.495 e. The number of benzene rings is 1. The number of nitrogens with one attached hydrogen (secondary N) is 3. The second kappa shape index (κ2) is 14.0. The third kappa shape index (κ3) is 8.35. The number of hydrogen-bond donors (Lipinski definition) is 4. The van der Waals surface area contributed by atoms with E-state index in [1.807, 2.05) is 5.32 Å². The zero-order valence-corrected chi connectivity index (χ0v) is 23.3. The average Bonchev–Trinajstić information content (AvgIpc) is 3.33. The Balaban J connectivity index is 0.000000732. The molecule has 2 amide bonds. The van der Waals surface area contributed by atoms with Crippen LogP contribution in [0.3, 0.4) is 0 Å². The number of aromatic nitrogens is 2. The van der Waals surface area contributed by atoms with Crippen LogP contribution in [0.5, 0.6) is 5.75 Å². The molecule has 1 aromatic heterocycles. The third-order valence-electron chi connectivity index (χ3n) is 6.67. The number of halogens is 1. The first kappa shape index (κ1) is 29.2. The molecule has 2 heterocycles. The lowest BCUT2D eigenvalue weighted by Crippen LogP contribution is -2.37. The molecule has 38 heavy (non-hydrogen) atoms. The number of hydrogen-bond acceptors (Lipinski definition) is 8. The lowest BCUT2D eigenvalue weighted by Gasteiger charge is -2.21. The molecule has 2 aliphatic rings. The number of likely N-dealkylation sites (N-methyl/N-ethyl adjacent to an activating group) is 1. The summed E-state index contributed by atoms with van der Waals surface area (Å²) in [4.78, 5) is 34.3. The van der Waals surface area contributed by atoms with Crippen LogP contribution in [-0.4, -0.2) is 90.8 Å².